The number of carbonyl (C=O) groups is 1. The van der Waals surface area contributed by atoms with Crippen molar-refractivity contribution < 1.29 is 4.79 Å². The van der Waals surface area contributed by atoms with Crippen molar-refractivity contribution >= 4 is 11.8 Å². The first-order chi connectivity index (χ1) is 7.51. The van der Waals surface area contributed by atoms with Gasteiger partial charge in [0.25, 0.3) is 0 Å². The van der Waals surface area contributed by atoms with Crippen LogP contribution in [0.5, 0.6) is 0 Å². The lowest BCUT2D eigenvalue weighted by atomic mass is 9.92. The van der Waals surface area contributed by atoms with Gasteiger partial charge in [-0.1, -0.05) is 20.8 Å². The van der Waals surface area contributed by atoms with E-state index in [1.807, 2.05) is 22.7 Å². The quantitative estimate of drug-likeness (QED) is 0.723. The Labute approximate surface area is 95.1 Å². The van der Waals surface area contributed by atoms with Gasteiger partial charge in [0.15, 0.2) is 6.29 Å². The van der Waals surface area contributed by atoms with Crippen LogP contribution in [0.15, 0.2) is 24.5 Å². The highest BCUT2D eigenvalue weighted by Gasteiger charge is 2.15. The molecule has 0 fully saturated rings. The summed E-state index contributed by atoms with van der Waals surface area (Å²) >= 11 is 0. The number of hydrogen-bond acceptors (Lipinski definition) is 2. The summed E-state index contributed by atoms with van der Waals surface area (Å²) < 4.78 is 2.00. The smallest absolute Gasteiger partial charge is 0.152 e. The number of carbonyl (C=O) groups excluding carboxylic acids is 1. The zero-order valence-electron chi connectivity index (χ0n) is 9.90. The number of hydrogen-bond donors (Lipinski definition) is 0. The fourth-order valence-electron chi connectivity index (χ4n) is 1.80. The topological polar surface area (TPSA) is 34.4 Å². The van der Waals surface area contributed by atoms with Crippen molar-refractivity contribution in [1.82, 2.24) is 9.38 Å². The lowest BCUT2D eigenvalue weighted by Gasteiger charge is -2.16. The van der Waals surface area contributed by atoms with Crippen molar-refractivity contribution in [3.63, 3.8) is 0 Å². The van der Waals surface area contributed by atoms with Crippen LogP contribution < -0.4 is 0 Å². The number of imidazole rings is 1. The molecular weight excluding hydrogens is 200 g/mol. The zero-order chi connectivity index (χ0) is 11.8. The Kier molecular flexibility index (Phi) is 2.54. The van der Waals surface area contributed by atoms with Crippen molar-refractivity contribution in [3.8, 4) is 0 Å². The molecule has 0 radical (unpaired) electrons. The molecule has 0 bridgehead atoms. The molecule has 0 saturated carbocycles. The Morgan fingerprint density at radius 3 is 2.81 bits per heavy atom. The third-order valence-electron chi connectivity index (χ3n) is 2.50. The fraction of sp³-hybridized carbons (Fsp3) is 0.385. The Bertz CT molecular complexity index is 520. The number of rotatable bonds is 2. The first-order valence-corrected chi connectivity index (χ1v) is 5.41. The lowest BCUT2D eigenvalue weighted by Crippen LogP contribution is -2.12. The van der Waals surface area contributed by atoms with Gasteiger partial charge in [0, 0.05) is 18.2 Å². The Hall–Kier alpha value is -1.64. The van der Waals surface area contributed by atoms with Crippen molar-refractivity contribution in [2.75, 3.05) is 0 Å². The molecule has 84 valence electrons. The van der Waals surface area contributed by atoms with Gasteiger partial charge in [0.2, 0.25) is 0 Å². The average Bonchev–Trinajstić information content (AvgIpc) is 2.59. The first-order valence-electron chi connectivity index (χ1n) is 5.41. The second kappa shape index (κ2) is 3.74. The van der Waals surface area contributed by atoms with E-state index in [0.29, 0.717) is 5.56 Å². The van der Waals surface area contributed by atoms with Crippen LogP contribution in [0, 0.1) is 5.41 Å². The SMILES string of the molecule is CC(C)(C)Cc1ncc2c(C=O)cccn12. The highest BCUT2D eigenvalue weighted by atomic mass is 16.1. The first kappa shape index (κ1) is 10.9. The molecule has 3 nitrogen and oxygen atoms in total. The molecule has 0 aliphatic heterocycles. The molecule has 16 heavy (non-hydrogen) atoms. The second-order valence-electron chi connectivity index (χ2n) is 5.25. The highest BCUT2D eigenvalue weighted by Crippen LogP contribution is 2.21. The summed E-state index contributed by atoms with van der Waals surface area (Å²) in [4.78, 5) is 15.3. The maximum atomic E-state index is 10.9. The van der Waals surface area contributed by atoms with E-state index in [9.17, 15) is 4.79 Å². The Balaban J connectivity index is 2.53. The number of aldehydes is 1. The van der Waals surface area contributed by atoms with Crippen molar-refractivity contribution in [2.24, 2.45) is 5.41 Å². The zero-order valence-corrected chi connectivity index (χ0v) is 9.90. The molecule has 0 N–H and O–H groups in total. The molecule has 0 unspecified atom stereocenters. The van der Waals surface area contributed by atoms with Gasteiger partial charge in [0.1, 0.15) is 5.82 Å². The summed E-state index contributed by atoms with van der Waals surface area (Å²) in [6.07, 6.45) is 5.49. The van der Waals surface area contributed by atoms with Gasteiger partial charge in [0.05, 0.1) is 11.7 Å². The van der Waals surface area contributed by atoms with E-state index in [1.54, 1.807) is 6.20 Å². The average molecular weight is 216 g/mol. The molecule has 0 aliphatic carbocycles. The molecule has 2 aromatic heterocycles. The van der Waals surface area contributed by atoms with Crippen LogP contribution in [0.4, 0.5) is 0 Å². The van der Waals surface area contributed by atoms with E-state index in [-0.39, 0.29) is 5.41 Å². The number of aromatic nitrogens is 2. The minimum Gasteiger partial charge on any atom is -0.303 e. The Morgan fingerprint density at radius 1 is 1.44 bits per heavy atom. The van der Waals surface area contributed by atoms with Crippen LogP contribution in [-0.2, 0) is 6.42 Å². The predicted octanol–water partition coefficient (Wildman–Crippen LogP) is 2.74. The molecule has 0 saturated heterocycles. The van der Waals surface area contributed by atoms with Gasteiger partial charge >= 0.3 is 0 Å². The van der Waals surface area contributed by atoms with Crippen LogP contribution >= 0.6 is 0 Å². The fourth-order valence-corrected chi connectivity index (χ4v) is 1.80. The summed E-state index contributed by atoms with van der Waals surface area (Å²) in [5, 5.41) is 0. The number of fused-ring (bicyclic) bond motifs is 1. The summed E-state index contributed by atoms with van der Waals surface area (Å²) in [7, 11) is 0. The summed E-state index contributed by atoms with van der Waals surface area (Å²) in [5.41, 5.74) is 1.77. The van der Waals surface area contributed by atoms with E-state index >= 15 is 0 Å². The lowest BCUT2D eigenvalue weighted by molar-refractivity contribution is 0.112. The molecule has 0 aliphatic rings. The van der Waals surface area contributed by atoms with E-state index in [2.05, 4.69) is 25.8 Å². The standard InChI is InChI=1S/C13H16N2O/c1-13(2,3)7-12-14-8-11-10(9-16)5-4-6-15(11)12/h4-6,8-9H,7H2,1-3H3. The Morgan fingerprint density at radius 2 is 2.19 bits per heavy atom. The van der Waals surface area contributed by atoms with Crippen molar-refractivity contribution in [1.29, 1.82) is 0 Å². The molecule has 2 heterocycles. The van der Waals surface area contributed by atoms with Gasteiger partial charge in [-0.3, -0.25) is 4.79 Å². The normalized spacial score (nSPS) is 11.9. The molecule has 2 aromatic rings. The van der Waals surface area contributed by atoms with Crippen LogP contribution in [0.2, 0.25) is 0 Å². The van der Waals surface area contributed by atoms with Crippen molar-refractivity contribution in [3.05, 3.63) is 35.9 Å². The largest absolute Gasteiger partial charge is 0.303 e. The molecular formula is C13H16N2O. The van der Waals surface area contributed by atoms with E-state index in [1.165, 1.54) is 0 Å². The van der Waals surface area contributed by atoms with Gasteiger partial charge in [-0.25, -0.2) is 4.98 Å². The maximum Gasteiger partial charge on any atom is 0.152 e. The molecule has 0 aromatic carbocycles. The minimum absolute atomic E-state index is 0.193. The van der Waals surface area contributed by atoms with Gasteiger partial charge in [-0.15, -0.1) is 0 Å². The third kappa shape index (κ3) is 1.98. The van der Waals surface area contributed by atoms with Crippen molar-refractivity contribution in [2.45, 2.75) is 27.2 Å². The van der Waals surface area contributed by atoms with Gasteiger partial charge in [-0.05, 0) is 17.5 Å². The van der Waals surface area contributed by atoms with Crippen LogP contribution in [-0.4, -0.2) is 15.7 Å². The molecule has 0 spiro atoms. The molecule has 0 amide bonds. The van der Waals surface area contributed by atoms with Gasteiger partial charge in [-0.2, -0.15) is 0 Å². The van der Waals surface area contributed by atoms with Gasteiger partial charge < -0.3 is 4.40 Å². The monoisotopic (exact) mass is 216 g/mol. The number of nitrogens with zero attached hydrogens (tertiary/aromatic N) is 2. The van der Waals surface area contributed by atoms with E-state index in [4.69, 9.17) is 0 Å². The predicted molar refractivity (Wildman–Crippen MR) is 63.7 cm³/mol. The second-order valence-corrected chi connectivity index (χ2v) is 5.25. The van der Waals surface area contributed by atoms with E-state index < -0.39 is 0 Å². The summed E-state index contributed by atoms with van der Waals surface area (Å²) in [6, 6.07) is 3.69. The van der Waals surface area contributed by atoms with Crippen LogP contribution in [0.1, 0.15) is 37.0 Å². The molecule has 2 rings (SSSR count). The summed E-state index contributed by atoms with van der Waals surface area (Å²) in [5.74, 6) is 1.01. The molecule has 3 heteroatoms. The van der Waals surface area contributed by atoms with Crippen LogP contribution in [0.3, 0.4) is 0 Å². The maximum absolute atomic E-state index is 10.9. The summed E-state index contributed by atoms with van der Waals surface area (Å²) in [6.45, 7) is 6.53. The molecule has 0 atom stereocenters. The third-order valence-corrected chi connectivity index (χ3v) is 2.50. The number of pyridine rings is 1. The van der Waals surface area contributed by atoms with Crippen LogP contribution in [0.25, 0.3) is 5.52 Å². The van der Waals surface area contributed by atoms with E-state index in [0.717, 1.165) is 24.0 Å². The highest BCUT2D eigenvalue weighted by molar-refractivity contribution is 5.85. The minimum atomic E-state index is 0.193.